The number of aliphatic hydroxyl groups excluding tert-OH is 2. The number of ether oxygens (including phenoxy) is 3. The van der Waals surface area contributed by atoms with Crippen molar-refractivity contribution in [3.63, 3.8) is 0 Å². The number of Topliss-reactive ketones (excluding diaryl/α,β-unsaturated/α-hetero) is 1. The summed E-state index contributed by atoms with van der Waals surface area (Å²) in [6.45, 7) is 8.26. The molecule has 0 amide bonds. The molecule has 0 bridgehead atoms. The van der Waals surface area contributed by atoms with Gasteiger partial charge in [-0.2, -0.15) is 0 Å². The van der Waals surface area contributed by atoms with Crippen LogP contribution < -0.4 is 0 Å². The van der Waals surface area contributed by atoms with E-state index in [1.54, 1.807) is 19.9 Å². The van der Waals surface area contributed by atoms with Crippen LogP contribution in [-0.4, -0.2) is 69.7 Å². The summed E-state index contributed by atoms with van der Waals surface area (Å²) >= 11 is 0. The lowest BCUT2D eigenvalue weighted by Crippen LogP contribution is -2.76. The van der Waals surface area contributed by atoms with Gasteiger partial charge in [-0.25, -0.2) is 4.79 Å². The number of carbonyl (C=O) groups excluding carboxylic acids is 3. The number of furan rings is 1. The minimum Gasteiger partial charge on any atom is -0.472 e. The molecule has 0 radical (unpaired) electrons. The Balaban J connectivity index is 1.70. The van der Waals surface area contributed by atoms with E-state index in [9.17, 15) is 29.7 Å². The zero-order valence-electron chi connectivity index (χ0n) is 22.0. The van der Waals surface area contributed by atoms with Gasteiger partial charge in [0.1, 0.15) is 17.8 Å². The largest absolute Gasteiger partial charge is 0.472 e. The molecule has 10 heteroatoms. The summed E-state index contributed by atoms with van der Waals surface area (Å²) in [6, 6.07) is 1.71. The number of ketones is 1. The van der Waals surface area contributed by atoms with Crippen molar-refractivity contribution >= 4 is 17.7 Å². The van der Waals surface area contributed by atoms with Crippen molar-refractivity contribution in [2.75, 3.05) is 7.11 Å². The highest BCUT2D eigenvalue weighted by Crippen LogP contribution is 2.78. The van der Waals surface area contributed by atoms with E-state index in [1.165, 1.54) is 33.5 Å². The summed E-state index contributed by atoms with van der Waals surface area (Å²) in [6.07, 6.45) is -1.26. The van der Waals surface area contributed by atoms with Crippen molar-refractivity contribution in [1.29, 1.82) is 0 Å². The maximum absolute atomic E-state index is 14.0. The van der Waals surface area contributed by atoms with Crippen LogP contribution >= 0.6 is 0 Å². The lowest BCUT2D eigenvalue weighted by atomic mass is 9.36. The lowest BCUT2D eigenvalue weighted by molar-refractivity contribution is -0.263. The number of cyclic esters (lactones) is 1. The summed E-state index contributed by atoms with van der Waals surface area (Å²) in [4.78, 5) is 39.4. The van der Waals surface area contributed by atoms with E-state index in [-0.39, 0.29) is 0 Å². The highest BCUT2D eigenvalue weighted by molar-refractivity contribution is 5.91. The number of carbonyl (C=O) groups is 3. The first-order valence-corrected chi connectivity index (χ1v) is 12.7. The second-order valence-corrected chi connectivity index (χ2v) is 12.5. The molecular formula is C27H36O10. The van der Waals surface area contributed by atoms with Crippen molar-refractivity contribution in [3.05, 3.63) is 24.2 Å². The van der Waals surface area contributed by atoms with Crippen LogP contribution in [0.4, 0.5) is 0 Å². The second-order valence-electron chi connectivity index (χ2n) is 12.5. The van der Waals surface area contributed by atoms with Crippen molar-refractivity contribution in [1.82, 2.24) is 0 Å². The Kier molecular flexibility index (Phi) is 5.61. The summed E-state index contributed by atoms with van der Waals surface area (Å²) in [5.74, 6) is -3.73. The molecule has 4 aliphatic rings. The molecule has 10 nitrogen and oxygen atoms in total. The van der Waals surface area contributed by atoms with Crippen LogP contribution in [0.15, 0.2) is 23.0 Å². The Morgan fingerprint density at radius 1 is 1.24 bits per heavy atom. The molecule has 3 N–H and O–H groups in total. The molecule has 3 heterocycles. The third kappa shape index (κ3) is 3.04. The average molecular weight is 521 g/mol. The van der Waals surface area contributed by atoms with Crippen LogP contribution in [0.2, 0.25) is 0 Å². The molecule has 2 aliphatic carbocycles. The minimum atomic E-state index is -1.63. The Morgan fingerprint density at radius 3 is 2.49 bits per heavy atom. The summed E-state index contributed by atoms with van der Waals surface area (Å²) in [5, 5.41) is 34.5. The van der Waals surface area contributed by atoms with E-state index in [0.29, 0.717) is 18.4 Å². The third-order valence-electron chi connectivity index (χ3n) is 10.3. The summed E-state index contributed by atoms with van der Waals surface area (Å²) < 4.78 is 22.2. The average Bonchev–Trinajstić information content (AvgIpc) is 3.39. The first-order chi connectivity index (χ1) is 17.1. The van der Waals surface area contributed by atoms with Gasteiger partial charge in [-0.3, -0.25) is 9.59 Å². The van der Waals surface area contributed by atoms with E-state index in [1.807, 2.05) is 6.92 Å². The molecule has 37 heavy (non-hydrogen) atoms. The number of fused-ring (bicyclic) bond motifs is 1. The van der Waals surface area contributed by atoms with E-state index < -0.39 is 87.8 Å². The number of esters is 2. The Morgan fingerprint density at radius 2 is 1.92 bits per heavy atom. The van der Waals surface area contributed by atoms with Crippen molar-refractivity contribution in [2.45, 2.75) is 89.5 Å². The summed E-state index contributed by atoms with van der Waals surface area (Å²) in [7, 11) is 1.21. The van der Waals surface area contributed by atoms with Crippen LogP contribution in [0.25, 0.3) is 0 Å². The van der Waals surface area contributed by atoms with Crippen LogP contribution in [0, 0.1) is 28.1 Å². The van der Waals surface area contributed by atoms with Gasteiger partial charge in [0.15, 0.2) is 11.9 Å². The number of aliphatic hydroxyl groups is 3. The molecule has 10 atom stereocenters. The first-order valence-electron chi connectivity index (χ1n) is 12.7. The molecule has 4 fully saturated rings. The molecule has 2 aliphatic heterocycles. The number of epoxide rings is 1. The van der Waals surface area contributed by atoms with E-state index in [4.69, 9.17) is 18.6 Å². The Bertz CT molecular complexity index is 1120. The number of rotatable bonds is 5. The molecule has 1 aromatic heterocycles. The molecule has 1 spiro atoms. The molecule has 2 saturated heterocycles. The molecule has 10 unspecified atom stereocenters. The van der Waals surface area contributed by atoms with Gasteiger partial charge in [0.25, 0.3) is 0 Å². The topological polar surface area (TPSA) is 156 Å². The summed E-state index contributed by atoms with van der Waals surface area (Å²) in [5.41, 5.74) is -5.82. The number of hydrogen-bond donors (Lipinski definition) is 3. The number of hydrogen-bond acceptors (Lipinski definition) is 10. The third-order valence-corrected chi connectivity index (χ3v) is 10.3. The van der Waals surface area contributed by atoms with Crippen LogP contribution in [0.1, 0.15) is 65.5 Å². The highest BCUT2D eigenvalue weighted by atomic mass is 16.7. The fourth-order valence-electron chi connectivity index (χ4n) is 8.81. The quantitative estimate of drug-likeness (QED) is 0.386. The molecular weight excluding hydrogens is 484 g/mol. The molecule has 2 saturated carbocycles. The fourth-order valence-corrected chi connectivity index (χ4v) is 8.81. The fraction of sp³-hybridized carbons (Fsp3) is 0.741. The predicted molar refractivity (Wildman–Crippen MR) is 126 cm³/mol. The van der Waals surface area contributed by atoms with E-state index >= 15 is 0 Å². The predicted octanol–water partition coefficient (Wildman–Crippen LogP) is 1.70. The highest BCUT2D eigenvalue weighted by Gasteiger charge is 2.89. The van der Waals surface area contributed by atoms with Gasteiger partial charge in [0.2, 0.25) is 0 Å². The zero-order chi connectivity index (χ0) is 27.3. The van der Waals surface area contributed by atoms with Gasteiger partial charge in [0, 0.05) is 21.8 Å². The minimum absolute atomic E-state index is 0.399. The normalized spacial score (nSPS) is 45.7. The van der Waals surface area contributed by atoms with Gasteiger partial charge >= 0.3 is 11.9 Å². The molecule has 0 aromatic carbocycles. The first kappa shape index (κ1) is 26.3. The Labute approximate surface area is 215 Å². The maximum atomic E-state index is 14.0. The van der Waals surface area contributed by atoms with Gasteiger partial charge in [0.05, 0.1) is 43.7 Å². The van der Waals surface area contributed by atoms with E-state index in [0.717, 1.165) is 0 Å². The molecule has 204 valence electrons. The monoisotopic (exact) mass is 520 g/mol. The van der Waals surface area contributed by atoms with Crippen molar-refractivity contribution < 1.29 is 48.3 Å². The van der Waals surface area contributed by atoms with E-state index in [2.05, 4.69) is 0 Å². The standard InChI is InChI=1S/C27H36O10/c1-23(2,33)18-17(30)19(31)26(5)14(25(18,4)15(28)11-16(29)34-6)7-9-24(3)20(13-8-10-35-12-13)36-22(32)21-27(24,26)37-21/h8,10,12,14-15,18-21,28,31,33H,7,9,11H2,1-6H3. The lowest BCUT2D eigenvalue weighted by Gasteiger charge is -2.67. The van der Waals surface area contributed by atoms with Crippen molar-refractivity contribution in [2.24, 2.45) is 28.1 Å². The second kappa shape index (κ2) is 7.88. The van der Waals surface area contributed by atoms with Crippen molar-refractivity contribution in [3.8, 4) is 0 Å². The smallest absolute Gasteiger partial charge is 0.339 e. The van der Waals surface area contributed by atoms with Gasteiger partial charge in [-0.05, 0) is 38.7 Å². The van der Waals surface area contributed by atoms with Crippen LogP contribution in [0.3, 0.4) is 0 Å². The molecule has 1 aromatic rings. The zero-order valence-corrected chi connectivity index (χ0v) is 22.0. The molecule has 5 rings (SSSR count). The van der Waals surface area contributed by atoms with Gasteiger partial charge in [-0.15, -0.1) is 0 Å². The van der Waals surface area contributed by atoms with Gasteiger partial charge < -0.3 is 33.9 Å². The van der Waals surface area contributed by atoms with Crippen LogP contribution in [0.5, 0.6) is 0 Å². The SMILES string of the molecule is COC(=O)CC(O)C1(C)C(C(C)(C)O)C(=O)C(O)C2(C)C1CCC1(C)C(c3ccoc3)OC(=O)C3OC312. The van der Waals surface area contributed by atoms with Crippen LogP contribution in [-0.2, 0) is 28.6 Å². The maximum Gasteiger partial charge on any atom is 0.339 e. The Hall–Kier alpha value is -2.27. The number of methoxy groups -OCH3 is 1. The van der Waals surface area contributed by atoms with Gasteiger partial charge in [-0.1, -0.05) is 20.8 Å².